The molecule has 0 spiro atoms. The standard InChI is InChI=1S/C12H18N6/c1-13-8-10-4-2-3-6-18(10)11-12-16-15-9-17(12)7-5-14-11/h5,7,9-10,13H,2-4,6,8H2,1H3. The summed E-state index contributed by atoms with van der Waals surface area (Å²) in [7, 11) is 2.00. The molecule has 0 aromatic carbocycles. The molecular formula is C12H18N6. The van der Waals surface area contributed by atoms with Gasteiger partial charge in [-0.15, -0.1) is 10.2 Å². The number of rotatable bonds is 3. The van der Waals surface area contributed by atoms with Crippen LogP contribution in [-0.4, -0.2) is 45.8 Å². The third-order valence-corrected chi connectivity index (χ3v) is 3.54. The zero-order valence-corrected chi connectivity index (χ0v) is 10.6. The molecule has 2 aromatic heterocycles. The van der Waals surface area contributed by atoms with Crippen LogP contribution in [0.15, 0.2) is 18.7 Å². The minimum atomic E-state index is 0.499. The van der Waals surface area contributed by atoms with Gasteiger partial charge in [-0.1, -0.05) is 0 Å². The summed E-state index contributed by atoms with van der Waals surface area (Å²) in [5.41, 5.74) is 0.848. The predicted molar refractivity (Wildman–Crippen MR) is 69.7 cm³/mol. The van der Waals surface area contributed by atoms with Crippen LogP contribution in [0.5, 0.6) is 0 Å². The number of likely N-dealkylation sites (N-methyl/N-ethyl adjacent to an activating group) is 1. The molecule has 1 aliphatic heterocycles. The molecule has 6 nitrogen and oxygen atoms in total. The minimum absolute atomic E-state index is 0.499. The topological polar surface area (TPSA) is 58.4 Å². The smallest absolute Gasteiger partial charge is 0.203 e. The molecule has 18 heavy (non-hydrogen) atoms. The number of nitrogens with zero attached hydrogens (tertiary/aromatic N) is 5. The van der Waals surface area contributed by atoms with Crippen LogP contribution in [0.2, 0.25) is 0 Å². The highest BCUT2D eigenvalue weighted by Gasteiger charge is 2.25. The van der Waals surface area contributed by atoms with Crippen LogP contribution >= 0.6 is 0 Å². The predicted octanol–water partition coefficient (Wildman–Crippen LogP) is 0.703. The van der Waals surface area contributed by atoms with Crippen molar-refractivity contribution < 1.29 is 0 Å². The van der Waals surface area contributed by atoms with E-state index in [0.29, 0.717) is 6.04 Å². The Morgan fingerprint density at radius 1 is 1.44 bits per heavy atom. The minimum Gasteiger partial charge on any atom is -0.349 e. The second kappa shape index (κ2) is 4.89. The largest absolute Gasteiger partial charge is 0.349 e. The zero-order valence-electron chi connectivity index (χ0n) is 10.6. The van der Waals surface area contributed by atoms with Crippen LogP contribution in [-0.2, 0) is 0 Å². The van der Waals surface area contributed by atoms with Gasteiger partial charge in [0.25, 0.3) is 0 Å². The van der Waals surface area contributed by atoms with E-state index in [1.165, 1.54) is 19.3 Å². The lowest BCUT2D eigenvalue weighted by atomic mass is 10.0. The molecule has 3 rings (SSSR count). The molecule has 3 heterocycles. The first kappa shape index (κ1) is 11.4. The van der Waals surface area contributed by atoms with Gasteiger partial charge in [-0.25, -0.2) is 4.98 Å². The van der Waals surface area contributed by atoms with Gasteiger partial charge in [0.1, 0.15) is 6.33 Å². The average molecular weight is 246 g/mol. The Balaban J connectivity index is 1.98. The molecule has 0 bridgehead atoms. The van der Waals surface area contributed by atoms with Crippen molar-refractivity contribution in [2.45, 2.75) is 25.3 Å². The van der Waals surface area contributed by atoms with Gasteiger partial charge in [0.15, 0.2) is 5.82 Å². The van der Waals surface area contributed by atoms with Gasteiger partial charge in [-0.05, 0) is 26.3 Å². The van der Waals surface area contributed by atoms with Crippen LogP contribution in [0, 0.1) is 0 Å². The maximum absolute atomic E-state index is 4.51. The van der Waals surface area contributed by atoms with Gasteiger partial charge in [0.05, 0.1) is 0 Å². The summed E-state index contributed by atoms with van der Waals surface area (Å²) in [5, 5.41) is 11.4. The van der Waals surface area contributed by atoms with E-state index in [1.54, 1.807) is 6.33 Å². The number of fused-ring (bicyclic) bond motifs is 1. The highest BCUT2D eigenvalue weighted by atomic mass is 15.3. The van der Waals surface area contributed by atoms with Crippen molar-refractivity contribution in [3.63, 3.8) is 0 Å². The van der Waals surface area contributed by atoms with Gasteiger partial charge in [0.2, 0.25) is 5.65 Å². The van der Waals surface area contributed by atoms with Crippen molar-refractivity contribution in [3.8, 4) is 0 Å². The molecule has 1 aliphatic rings. The van der Waals surface area contributed by atoms with Gasteiger partial charge in [-0.3, -0.25) is 4.40 Å². The van der Waals surface area contributed by atoms with E-state index >= 15 is 0 Å². The summed E-state index contributed by atoms with van der Waals surface area (Å²) in [6.07, 6.45) is 9.14. The molecule has 0 amide bonds. The molecule has 0 radical (unpaired) electrons. The van der Waals surface area contributed by atoms with E-state index < -0.39 is 0 Å². The molecule has 1 saturated heterocycles. The lowest BCUT2D eigenvalue weighted by Crippen LogP contribution is -2.45. The molecular weight excluding hydrogens is 228 g/mol. The lowest BCUT2D eigenvalue weighted by molar-refractivity contribution is 0.444. The van der Waals surface area contributed by atoms with E-state index in [1.807, 2.05) is 23.8 Å². The molecule has 1 unspecified atom stereocenters. The summed E-state index contributed by atoms with van der Waals surface area (Å²) in [5.74, 6) is 0.954. The number of nitrogens with one attached hydrogen (secondary N) is 1. The van der Waals surface area contributed by atoms with Crippen molar-refractivity contribution in [1.29, 1.82) is 0 Å². The Morgan fingerprint density at radius 2 is 2.39 bits per heavy atom. The Bertz CT molecular complexity index is 520. The Labute approximate surface area is 106 Å². The molecule has 96 valence electrons. The van der Waals surface area contributed by atoms with Crippen LogP contribution in [0.1, 0.15) is 19.3 Å². The maximum Gasteiger partial charge on any atom is 0.203 e. The Hall–Kier alpha value is -1.69. The van der Waals surface area contributed by atoms with E-state index in [2.05, 4.69) is 25.4 Å². The summed E-state index contributed by atoms with van der Waals surface area (Å²) >= 11 is 0. The molecule has 2 aromatic rings. The first-order chi connectivity index (χ1) is 8.90. The van der Waals surface area contributed by atoms with Gasteiger partial charge in [0, 0.05) is 31.5 Å². The third-order valence-electron chi connectivity index (χ3n) is 3.54. The van der Waals surface area contributed by atoms with Crippen LogP contribution < -0.4 is 10.2 Å². The quantitative estimate of drug-likeness (QED) is 0.864. The number of piperidine rings is 1. The molecule has 1 N–H and O–H groups in total. The molecule has 0 saturated carbocycles. The molecule has 0 aliphatic carbocycles. The Morgan fingerprint density at radius 3 is 3.28 bits per heavy atom. The van der Waals surface area contributed by atoms with Crippen LogP contribution in [0.25, 0.3) is 5.65 Å². The maximum atomic E-state index is 4.51. The van der Waals surface area contributed by atoms with Crippen molar-refractivity contribution in [2.24, 2.45) is 0 Å². The molecule has 6 heteroatoms. The SMILES string of the molecule is CNCC1CCCCN1c1nccn2cnnc12. The normalized spacial score (nSPS) is 20.5. The number of anilines is 1. The fraction of sp³-hybridized carbons (Fsp3) is 0.583. The first-order valence-corrected chi connectivity index (χ1v) is 6.46. The second-order valence-electron chi connectivity index (χ2n) is 4.71. The van der Waals surface area contributed by atoms with Crippen molar-refractivity contribution in [1.82, 2.24) is 24.9 Å². The zero-order chi connectivity index (χ0) is 12.4. The summed E-state index contributed by atoms with van der Waals surface area (Å²) < 4.78 is 1.92. The highest BCUT2D eigenvalue weighted by molar-refractivity contribution is 5.63. The van der Waals surface area contributed by atoms with Crippen LogP contribution in [0.3, 0.4) is 0 Å². The van der Waals surface area contributed by atoms with E-state index in [0.717, 1.165) is 24.6 Å². The highest BCUT2D eigenvalue weighted by Crippen LogP contribution is 2.25. The monoisotopic (exact) mass is 246 g/mol. The molecule has 1 fully saturated rings. The summed E-state index contributed by atoms with van der Waals surface area (Å²) in [6, 6.07) is 0.499. The summed E-state index contributed by atoms with van der Waals surface area (Å²) in [6.45, 7) is 2.03. The van der Waals surface area contributed by atoms with E-state index in [4.69, 9.17) is 0 Å². The van der Waals surface area contributed by atoms with Gasteiger partial charge in [-0.2, -0.15) is 0 Å². The number of hydrogen-bond donors (Lipinski definition) is 1. The van der Waals surface area contributed by atoms with Crippen molar-refractivity contribution in [2.75, 3.05) is 25.0 Å². The van der Waals surface area contributed by atoms with E-state index in [9.17, 15) is 0 Å². The number of hydrogen-bond acceptors (Lipinski definition) is 5. The van der Waals surface area contributed by atoms with Gasteiger partial charge < -0.3 is 10.2 Å². The second-order valence-corrected chi connectivity index (χ2v) is 4.71. The van der Waals surface area contributed by atoms with Crippen LogP contribution in [0.4, 0.5) is 5.82 Å². The van der Waals surface area contributed by atoms with Gasteiger partial charge >= 0.3 is 0 Å². The fourth-order valence-electron chi connectivity index (χ4n) is 2.68. The van der Waals surface area contributed by atoms with E-state index in [-0.39, 0.29) is 0 Å². The van der Waals surface area contributed by atoms with Crippen molar-refractivity contribution >= 4 is 11.5 Å². The third kappa shape index (κ3) is 1.92. The fourth-order valence-corrected chi connectivity index (χ4v) is 2.68. The number of aromatic nitrogens is 4. The molecule has 1 atom stereocenters. The Kier molecular flexibility index (Phi) is 3.10. The summed E-state index contributed by atoms with van der Waals surface area (Å²) in [4.78, 5) is 6.88. The average Bonchev–Trinajstić information content (AvgIpc) is 2.88. The first-order valence-electron chi connectivity index (χ1n) is 6.46. The van der Waals surface area contributed by atoms with Crippen molar-refractivity contribution in [3.05, 3.63) is 18.7 Å². The lowest BCUT2D eigenvalue weighted by Gasteiger charge is -2.36.